The molecule has 1 saturated heterocycles. The van der Waals surface area contributed by atoms with Gasteiger partial charge in [-0.1, -0.05) is 24.3 Å². The molecular weight excluding hydrogens is 432 g/mol. The lowest BCUT2D eigenvalue weighted by Crippen LogP contribution is -2.29. The molecule has 8 unspecified atom stereocenters. The lowest BCUT2D eigenvalue weighted by molar-refractivity contribution is 0.140. The first kappa shape index (κ1) is 21.9. The lowest BCUT2D eigenvalue weighted by atomic mass is 9.84. The van der Waals surface area contributed by atoms with Crippen molar-refractivity contribution in [3.63, 3.8) is 0 Å². The number of fused-ring (bicyclic) bond motifs is 7. The van der Waals surface area contributed by atoms with Crippen LogP contribution in [0.25, 0.3) is 0 Å². The predicted octanol–water partition coefficient (Wildman–Crippen LogP) is 2.55. The van der Waals surface area contributed by atoms with Crippen LogP contribution < -0.4 is 0 Å². The van der Waals surface area contributed by atoms with Crippen molar-refractivity contribution < 1.29 is 25.2 Å². The standard InChI is InChI=1S/C11H18O6S2.C9H12S/c1-18(12,13)16-6-10-8-3-4-9(5-8)11(10)7-17-19(2,14)15;1-2-7-3-6(1)8-4-10-5-9(7)8/h3-4,8-11H,5-7H2,1-2H3;1-2,6-9H,3-5H2. The van der Waals surface area contributed by atoms with Gasteiger partial charge in [0.05, 0.1) is 25.7 Å². The number of rotatable bonds is 6. The van der Waals surface area contributed by atoms with Gasteiger partial charge in [0.1, 0.15) is 0 Å². The third-order valence-corrected chi connectivity index (χ3v) is 9.54. The second-order valence-corrected chi connectivity index (χ2v) is 13.4. The molecule has 0 aromatic carbocycles. The molecule has 164 valence electrons. The SMILES string of the molecule is C1=CC2CC1C1CSCC21.CS(=O)(=O)OCC1C2C=CC(C2)C1COS(C)(=O)=O. The van der Waals surface area contributed by atoms with Gasteiger partial charge in [-0.2, -0.15) is 28.6 Å². The first-order valence-corrected chi connectivity index (χ1v) is 15.0. The maximum absolute atomic E-state index is 11.1. The average Bonchev–Trinajstić information content (AvgIpc) is 3.42. The van der Waals surface area contributed by atoms with Gasteiger partial charge < -0.3 is 0 Å². The monoisotopic (exact) mass is 462 g/mol. The molecule has 4 bridgehead atoms. The first-order valence-electron chi connectivity index (χ1n) is 10.2. The van der Waals surface area contributed by atoms with Crippen molar-refractivity contribution in [2.75, 3.05) is 37.2 Å². The fraction of sp³-hybridized carbons (Fsp3) is 0.800. The van der Waals surface area contributed by atoms with E-state index in [1.807, 2.05) is 0 Å². The Morgan fingerprint density at radius 3 is 1.52 bits per heavy atom. The van der Waals surface area contributed by atoms with Crippen LogP contribution in [0.5, 0.6) is 0 Å². The second kappa shape index (κ2) is 8.30. The molecule has 1 heterocycles. The summed E-state index contributed by atoms with van der Waals surface area (Å²) < 4.78 is 53.9. The molecule has 5 aliphatic rings. The fourth-order valence-electron chi connectivity index (χ4n) is 5.79. The minimum Gasteiger partial charge on any atom is -0.270 e. The highest BCUT2D eigenvalue weighted by molar-refractivity contribution is 7.99. The van der Waals surface area contributed by atoms with E-state index in [9.17, 15) is 16.8 Å². The molecule has 0 N–H and O–H groups in total. The maximum Gasteiger partial charge on any atom is 0.264 e. The summed E-state index contributed by atoms with van der Waals surface area (Å²) in [4.78, 5) is 0. The van der Waals surface area contributed by atoms with E-state index >= 15 is 0 Å². The van der Waals surface area contributed by atoms with E-state index < -0.39 is 20.2 Å². The molecule has 3 fully saturated rings. The van der Waals surface area contributed by atoms with Gasteiger partial charge in [-0.05, 0) is 71.7 Å². The fourth-order valence-corrected chi connectivity index (χ4v) is 8.26. The third-order valence-electron chi connectivity index (χ3n) is 7.17. The van der Waals surface area contributed by atoms with Crippen molar-refractivity contribution in [2.45, 2.75) is 12.8 Å². The Labute approximate surface area is 178 Å². The smallest absolute Gasteiger partial charge is 0.264 e. The average molecular weight is 463 g/mol. The molecular formula is C20H30O6S3. The minimum absolute atomic E-state index is 0.00789. The summed E-state index contributed by atoms with van der Waals surface area (Å²) in [6.07, 6.45) is 13.5. The van der Waals surface area contributed by atoms with Crippen molar-refractivity contribution in [3.8, 4) is 0 Å². The molecule has 0 spiro atoms. The van der Waals surface area contributed by atoms with Crippen molar-refractivity contribution >= 4 is 32.0 Å². The maximum atomic E-state index is 11.1. The minimum atomic E-state index is -3.48. The number of hydrogen-bond donors (Lipinski definition) is 0. The van der Waals surface area contributed by atoms with Gasteiger partial charge in [-0.25, -0.2) is 0 Å². The Hall–Kier alpha value is -0.350. The molecule has 29 heavy (non-hydrogen) atoms. The van der Waals surface area contributed by atoms with Gasteiger partial charge >= 0.3 is 0 Å². The Kier molecular flexibility index (Phi) is 6.26. The van der Waals surface area contributed by atoms with Crippen LogP contribution >= 0.6 is 11.8 Å². The highest BCUT2D eigenvalue weighted by atomic mass is 32.2. The van der Waals surface area contributed by atoms with E-state index in [1.165, 1.54) is 17.9 Å². The molecule has 8 atom stereocenters. The van der Waals surface area contributed by atoms with E-state index in [1.54, 1.807) is 0 Å². The van der Waals surface area contributed by atoms with Crippen LogP contribution in [0.4, 0.5) is 0 Å². The van der Waals surface area contributed by atoms with Crippen LogP contribution in [0, 0.1) is 47.3 Å². The topological polar surface area (TPSA) is 86.7 Å². The summed E-state index contributed by atoms with van der Waals surface area (Å²) in [6, 6.07) is 0. The highest BCUT2D eigenvalue weighted by Crippen LogP contribution is 2.53. The van der Waals surface area contributed by atoms with Gasteiger partial charge in [0.2, 0.25) is 0 Å². The summed E-state index contributed by atoms with van der Waals surface area (Å²) in [6.45, 7) is 0.171. The van der Waals surface area contributed by atoms with Crippen LogP contribution in [-0.2, 0) is 28.6 Å². The van der Waals surface area contributed by atoms with Crippen molar-refractivity contribution in [3.05, 3.63) is 24.3 Å². The molecule has 5 rings (SSSR count). The zero-order valence-corrected chi connectivity index (χ0v) is 19.3. The van der Waals surface area contributed by atoms with Gasteiger partial charge in [-0.3, -0.25) is 8.37 Å². The molecule has 0 radical (unpaired) electrons. The quantitative estimate of drug-likeness (QED) is 0.443. The molecule has 1 aliphatic heterocycles. The molecule has 0 aromatic rings. The summed E-state index contributed by atoms with van der Waals surface area (Å²) in [5, 5.41) is 0. The van der Waals surface area contributed by atoms with Gasteiger partial charge in [-0.15, -0.1) is 0 Å². The molecule has 9 heteroatoms. The highest BCUT2D eigenvalue weighted by Gasteiger charge is 2.47. The van der Waals surface area contributed by atoms with Crippen LogP contribution in [-0.4, -0.2) is 54.1 Å². The first-order chi connectivity index (χ1) is 13.6. The van der Waals surface area contributed by atoms with Crippen molar-refractivity contribution in [2.24, 2.45) is 47.3 Å². The van der Waals surface area contributed by atoms with Crippen molar-refractivity contribution in [1.29, 1.82) is 0 Å². The third kappa shape index (κ3) is 5.11. The Morgan fingerprint density at radius 2 is 1.10 bits per heavy atom. The van der Waals surface area contributed by atoms with E-state index in [2.05, 4.69) is 36.1 Å². The number of thioether (sulfide) groups is 1. The Balaban J connectivity index is 0.000000168. The van der Waals surface area contributed by atoms with Crippen LogP contribution in [0.15, 0.2) is 24.3 Å². The molecule has 6 nitrogen and oxygen atoms in total. The second-order valence-electron chi connectivity index (χ2n) is 9.07. The van der Waals surface area contributed by atoms with Crippen molar-refractivity contribution in [1.82, 2.24) is 0 Å². The molecule has 0 amide bonds. The zero-order valence-electron chi connectivity index (χ0n) is 16.8. The predicted molar refractivity (Wildman–Crippen MR) is 114 cm³/mol. The van der Waals surface area contributed by atoms with E-state index in [0.29, 0.717) is 0 Å². The van der Waals surface area contributed by atoms with Gasteiger partial charge in [0.25, 0.3) is 20.2 Å². The lowest BCUT2D eigenvalue weighted by Gasteiger charge is -2.26. The van der Waals surface area contributed by atoms with Crippen LogP contribution in [0.3, 0.4) is 0 Å². The normalized spacial score (nSPS) is 41.6. The van der Waals surface area contributed by atoms with E-state index in [0.717, 1.165) is 42.6 Å². The van der Waals surface area contributed by atoms with Gasteiger partial charge in [0, 0.05) is 0 Å². The summed E-state index contributed by atoms with van der Waals surface area (Å²) in [5.41, 5.74) is 0. The zero-order chi connectivity index (χ0) is 20.8. The van der Waals surface area contributed by atoms with E-state index in [-0.39, 0.29) is 36.9 Å². The molecule has 0 aromatic heterocycles. The molecule has 2 saturated carbocycles. The Bertz CT molecular complexity index is 810. The summed E-state index contributed by atoms with van der Waals surface area (Å²) in [7, 11) is -6.96. The number of allylic oxidation sites excluding steroid dienone is 4. The van der Waals surface area contributed by atoms with Gasteiger partial charge in [0.15, 0.2) is 0 Å². The van der Waals surface area contributed by atoms with Crippen LogP contribution in [0.2, 0.25) is 0 Å². The largest absolute Gasteiger partial charge is 0.270 e. The Morgan fingerprint density at radius 1 is 0.724 bits per heavy atom. The number of hydrogen-bond acceptors (Lipinski definition) is 7. The van der Waals surface area contributed by atoms with Crippen LogP contribution in [0.1, 0.15) is 12.8 Å². The molecule has 4 aliphatic carbocycles. The summed E-state index contributed by atoms with van der Waals surface area (Å²) >= 11 is 2.17. The van der Waals surface area contributed by atoms with E-state index in [4.69, 9.17) is 8.37 Å². The summed E-state index contributed by atoms with van der Waals surface area (Å²) in [5.74, 6) is 7.54.